The number of halogens is 1. The zero-order valence-corrected chi connectivity index (χ0v) is 20.1. The fourth-order valence-electron chi connectivity index (χ4n) is 3.53. The van der Waals surface area contributed by atoms with Crippen LogP contribution in [0.5, 0.6) is 0 Å². The Bertz CT molecular complexity index is 1320. The lowest BCUT2D eigenvalue weighted by Crippen LogP contribution is -2.09. The Kier molecular flexibility index (Phi) is 6.94. The molecule has 4 rings (SSSR count). The maximum atomic E-state index is 12.4. The van der Waals surface area contributed by atoms with E-state index in [1.165, 1.54) is 0 Å². The van der Waals surface area contributed by atoms with Crippen LogP contribution in [0.15, 0.2) is 67.0 Å². The van der Waals surface area contributed by atoms with E-state index in [0.717, 1.165) is 27.6 Å². The first-order valence-corrected chi connectivity index (χ1v) is 13.2. The molecule has 3 N–H and O–H groups in total. The number of nitrogens with two attached hydrogens (primary N) is 1. The topological polar surface area (TPSA) is 103 Å². The predicted molar refractivity (Wildman–Crippen MR) is 135 cm³/mol. The molecule has 2 aromatic heterocycles. The summed E-state index contributed by atoms with van der Waals surface area (Å²) in [7, 11) is -2.65. The van der Waals surface area contributed by atoms with Crippen molar-refractivity contribution in [3.63, 3.8) is 0 Å². The summed E-state index contributed by atoms with van der Waals surface area (Å²) in [4.78, 5) is 13.2. The summed E-state index contributed by atoms with van der Waals surface area (Å²) in [6.45, 7) is 3.93. The van der Waals surface area contributed by atoms with Crippen LogP contribution in [0.4, 0.5) is 11.6 Å². The molecular formula is C24H25ClN5O2P. The molecule has 2 unspecified atom stereocenters. The molecule has 0 spiro atoms. The van der Waals surface area contributed by atoms with Crippen LogP contribution in [0.2, 0.25) is 0 Å². The van der Waals surface area contributed by atoms with Gasteiger partial charge in [0.15, 0.2) is 11.6 Å². The van der Waals surface area contributed by atoms with E-state index in [9.17, 15) is 4.57 Å². The highest BCUT2D eigenvalue weighted by molar-refractivity contribution is 7.57. The van der Waals surface area contributed by atoms with Gasteiger partial charge in [-0.05, 0) is 36.2 Å². The van der Waals surface area contributed by atoms with Gasteiger partial charge in [-0.3, -0.25) is 9.55 Å². The third-order valence-corrected chi connectivity index (χ3v) is 7.21. The zero-order valence-electron chi connectivity index (χ0n) is 18.4. The molecule has 0 aliphatic heterocycles. The third-order valence-electron chi connectivity index (χ3n) is 5.11. The van der Waals surface area contributed by atoms with E-state index in [4.69, 9.17) is 21.9 Å². The Balaban J connectivity index is 1.53. The number of nitrogens with one attached hydrogen (secondary N) is 1. The van der Waals surface area contributed by atoms with Crippen LogP contribution in [0.25, 0.3) is 22.2 Å². The number of alkyl halides is 1. The van der Waals surface area contributed by atoms with Crippen LogP contribution in [0.3, 0.4) is 0 Å². The molecule has 7 nitrogen and oxygen atoms in total. The van der Waals surface area contributed by atoms with Crippen molar-refractivity contribution in [3.8, 4) is 11.3 Å². The largest absolute Gasteiger partial charge is 0.381 e. The lowest BCUT2D eigenvalue weighted by atomic mass is 10.1. The molecule has 0 bridgehead atoms. The van der Waals surface area contributed by atoms with Crippen molar-refractivity contribution in [2.75, 3.05) is 24.3 Å². The van der Waals surface area contributed by atoms with Gasteiger partial charge in [0.1, 0.15) is 5.50 Å². The highest BCUT2D eigenvalue weighted by Gasteiger charge is 2.17. The molecule has 0 fully saturated rings. The first-order chi connectivity index (χ1) is 15.8. The van der Waals surface area contributed by atoms with Crippen LogP contribution >= 0.6 is 19.0 Å². The monoisotopic (exact) mass is 481 g/mol. The van der Waals surface area contributed by atoms with E-state index >= 15 is 0 Å². The molecule has 0 aliphatic carbocycles. The second-order valence-corrected chi connectivity index (χ2v) is 10.8. The highest BCUT2D eigenvalue weighted by Crippen LogP contribution is 2.46. The smallest absolute Gasteiger partial charge is 0.204 e. The summed E-state index contributed by atoms with van der Waals surface area (Å²) in [5, 5.41) is 4.15. The van der Waals surface area contributed by atoms with Crippen LogP contribution in [0, 0.1) is 0 Å². The molecule has 4 aromatic rings. The second-order valence-electron chi connectivity index (χ2n) is 7.74. The van der Waals surface area contributed by atoms with E-state index in [1.54, 1.807) is 19.1 Å². The van der Waals surface area contributed by atoms with Gasteiger partial charge < -0.3 is 15.6 Å². The molecule has 2 aromatic carbocycles. The zero-order chi connectivity index (χ0) is 23.4. The number of hydrogen-bond acceptors (Lipinski definition) is 7. The molecule has 170 valence electrons. The summed E-state index contributed by atoms with van der Waals surface area (Å²) in [6.07, 6.45) is 3.76. The third kappa shape index (κ3) is 5.69. The Hall–Kier alpha value is -2.99. The molecule has 9 heteroatoms. The highest BCUT2D eigenvalue weighted by atomic mass is 35.5. The molecular weight excluding hydrogens is 457 g/mol. The lowest BCUT2D eigenvalue weighted by molar-refractivity contribution is 0.336. The number of pyridine rings is 1. The van der Waals surface area contributed by atoms with Crippen molar-refractivity contribution < 1.29 is 9.09 Å². The van der Waals surface area contributed by atoms with Crippen molar-refractivity contribution >= 4 is 41.5 Å². The Morgan fingerprint density at radius 1 is 1.15 bits per heavy atom. The number of nitrogen functional groups attached to an aromatic ring is 1. The second kappa shape index (κ2) is 9.87. The molecule has 0 radical (unpaired) electrons. The molecule has 0 saturated heterocycles. The minimum Gasteiger partial charge on any atom is -0.381 e. The molecule has 33 heavy (non-hydrogen) atoms. The number of benzene rings is 2. The van der Waals surface area contributed by atoms with Crippen molar-refractivity contribution in [2.45, 2.75) is 18.6 Å². The molecule has 0 saturated carbocycles. The molecule has 0 amide bonds. The summed E-state index contributed by atoms with van der Waals surface area (Å²) in [5.74, 6) is 0.657. The maximum Gasteiger partial charge on any atom is 0.204 e. The van der Waals surface area contributed by atoms with Crippen molar-refractivity contribution in [1.82, 2.24) is 15.0 Å². The number of rotatable bonds is 8. The minimum atomic E-state index is -2.65. The first-order valence-electron chi connectivity index (χ1n) is 10.5. The average molecular weight is 482 g/mol. The van der Waals surface area contributed by atoms with Crippen LogP contribution in [0.1, 0.15) is 23.6 Å². The van der Waals surface area contributed by atoms with Crippen molar-refractivity contribution in [3.05, 3.63) is 78.1 Å². The quantitative estimate of drug-likeness (QED) is 0.179. The number of fused-ring (bicyclic) bond motifs is 1. The van der Waals surface area contributed by atoms with E-state index in [-0.39, 0.29) is 5.82 Å². The minimum absolute atomic E-state index is 0.257. The number of anilines is 2. The van der Waals surface area contributed by atoms with Gasteiger partial charge in [0.2, 0.25) is 7.37 Å². The normalized spacial score (nSPS) is 14.0. The Morgan fingerprint density at radius 3 is 2.70 bits per heavy atom. The number of hydrogen-bond donors (Lipinski definition) is 2. The standard InChI is InChI=1S/C24H25ClN5O2P/c1-3-32-33(2,31)15-16-6-8-17(9-7-16)21-14-28-23(26)24(29-21)30-22(25)19-10-11-20-18(13-19)5-4-12-27-20/h4-14,22H,3,15H2,1-2H3,(H2,26,28)(H,29,30). The lowest BCUT2D eigenvalue weighted by Gasteiger charge is -2.16. The Labute approximate surface area is 197 Å². The van der Waals surface area contributed by atoms with Gasteiger partial charge in [-0.15, -0.1) is 0 Å². The maximum absolute atomic E-state index is 12.4. The van der Waals surface area contributed by atoms with Gasteiger partial charge in [-0.25, -0.2) is 9.97 Å². The van der Waals surface area contributed by atoms with Gasteiger partial charge in [0.25, 0.3) is 0 Å². The SMILES string of the molecule is CCOP(C)(=O)Cc1ccc(-c2cnc(N)c(NC(Cl)c3ccc4ncccc4c3)n2)cc1. The van der Waals surface area contributed by atoms with E-state index < -0.39 is 12.9 Å². The summed E-state index contributed by atoms with van der Waals surface area (Å²) in [5.41, 5.74) is 9.71. The number of aromatic nitrogens is 3. The average Bonchev–Trinajstić information content (AvgIpc) is 2.80. The summed E-state index contributed by atoms with van der Waals surface area (Å²) in [6, 6.07) is 17.4. The fourth-order valence-corrected chi connectivity index (χ4v) is 5.28. The first kappa shape index (κ1) is 23.2. The van der Waals surface area contributed by atoms with Gasteiger partial charge in [0.05, 0.1) is 24.0 Å². The predicted octanol–water partition coefficient (Wildman–Crippen LogP) is 6.07. The molecule has 2 heterocycles. The molecule has 2 atom stereocenters. The number of nitrogens with zero attached hydrogens (tertiary/aromatic N) is 3. The summed E-state index contributed by atoms with van der Waals surface area (Å²) < 4.78 is 17.8. The fraction of sp³-hybridized carbons (Fsp3) is 0.208. The van der Waals surface area contributed by atoms with Gasteiger partial charge in [-0.2, -0.15) is 0 Å². The van der Waals surface area contributed by atoms with Crippen molar-refractivity contribution in [1.29, 1.82) is 0 Å². The molecule has 0 aliphatic rings. The van der Waals surface area contributed by atoms with E-state index in [0.29, 0.717) is 24.3 Å². The van der Waals surface area contributed by atoms with Crippen molar-refractivity contribution in [2.24, 2.45) is 0 Å². The van der Waals surface area contributed by atoms with Gasteiger partial charge >= 0.3 is 0 Å². The van der Waals surface area contributed by atoms with E-state index in [2.05, 4.69) is 20.3 Å². The Morgan fingerprint density at radius 2 is 1.94 bits per heavy atom. The van der Waals surface area contributed by atoms with Gasteiger partial charge in [0, 0.05) is 30.0 Å². The van der Waals surface area contributed by atoms with Gasteiger partial charge in [-0.1, -0.05) is 48.0 Å². The van der Waals surface area contributed by atoms with Crippen LogP contribution in [-0.2, 0) is 15.3 Å². The van der Waals surface area contributed by atoms with E-state index in [1.807, 2.05) is 61.5 Å². The van der Waals surface area contributed by atoms with Crippen LogP contribution in [-0.4, -0.2) is 28.2 Å². The van der Waals surface area contributed by atoms with Crippen LogP contribution < -0.4 is 11.1 Å². The summed E-state index contributed by atoms with van der Waals surface area (Å²) >= 11 is 6.63.